The van der Waals surface area contributed by atoms with Crippen molar-refractivity contribution in [3.63, 3.8) is 0 Å². The quantitative estimate of drug-likeness (QED) is 0.855. The van der Waals surface area contributed by atoms with E-state index in [4.69, 9.17) is 4.74 Å². The Morgan fingerprint density at radius 1 is 1.60 bits per heavy atom. The fraction of sp³-hybridized carbons (Fsp3) is 0.300. The van der Waals surface area contributed by atoms with Gasteiger partial charge in [0.15, 0.2) is 5.78 Å². The number of halogens is 2. The van der Waals surface area contributed by atoms with Crippen molar-refractivity contribution in [1.82, 2.24) is 5.32 Å². The van der Waals surface area contributed by atoms with Gasteiger partial charge in [-0.1, -0.05) is 0 Å². The number of ether oxygens (including phenoxy) is 1. The zero-order valence-corrected chi connectivity index (χ0v) is 10.0. The van der Waals surface area contributed by atoms with Crippen molar-refractivity contribution in [2.45, 2.75) is 0 Å². The van der Waals surface area contributed by atoms with E-state index in [0.29, 0.717) is 10.2 Å². The fourth-order valence-corrected chi connectivity index (χ4v) is 1.82. The summed E-state index contributed by atoms with van der Waals surface area (Å²) in [5, 5.41) is 2.71. The van der Waals surface area contributed by atoms with Crippen molar-refractivity contribution in [2.75, 3.05) is 20.7 Å². The molecule has 82 valence electrons. The normalized spacial score (nSPS) is 10.1. The van der Waals surface area contributed by atoms with Crippen molar-refractivity contribution in [1.29, 1.82) is 0 Å². The maximum Gasteiger partial charge on any atom is 0.180 e. The summed E-state index contributed by atoms with van der Waals surface area (Å²) in [5.41, 5.74) is 0.235. The van der Waals surface area contributed by atoms with Crippen LogP contribution >= 0.6 is 15.9 Å². The lowest BCUT2D eigenvalue weighted by molar-refractivity contribution is 0.0990. The lowest BCUT2D eigenvalue weighted by atomic mass is 10.1. The minimum absolute atomic E-state index is 0.145. The van der Waals surface area contributed by atoms with Crippen LogP contribution in [-0.4, -0.2) is 26.5 Å². The molecular formula is C10H11BrFNO2. The van der Waals surface area contributed by atoms with Gasteiger partial charge in [0, 0.05) is 0 Å². The third-order valence-electron chi connectivity index (χ3n) is 1.85. The van der Waals surface area contributed by atoms with Crippen LogP contribution in [0.25, 0.3) is 0 Å². The average molecular weight is 276 g/mol. The Morgan fingerprint density at radius 2 is 2.27 bits per heavy atom. The van der Waals surface area contributed by atoms with E-state index in [-0.39, 0.29) is 17.9 Å². The number of likely N-dealkylation sites (N-methyl/N-ethyl adjacent to an activating group) is 1. The molecule has 0 heterocycles. The average Bonchev–Trinajstić information content (AvgIpc) is 2.17. The van der Waals surface area contributed by atoms with Gasteiger partial charge in [-0.05, 0) is 35.1 Å². The Morgan fingerprint density at radius 3 is 2.80 bits per heavy atom. The topological polar surface area (TPSA) is 38.3 Å². The number of carbonyl (C=O) groups is 1. The number of ketones is 1. The highest BCUT2D eigenvalue weighted by molar-refractivity contribution is 9.10. The van der Waals surface area contributed by atoms with E-state index >= 15 is 0 Å². The number of hydrogen-bond donors (Lipinski definition) is 1. The maximum absolute atomic E-state index is 13.1. The number of methoxy groups -OCH3 is 1. The van der Waals surface area contributed by atoms with Gasteiger partial charge in [-0.25, -0.2) is 4.39 Å². The van der Waals surface area contributed by atoms with Gasteiger partial charge in [0.2, 0.25) is 0 Å². The third-order valence-corrected chi connectivity index (χ3v) is 2.44. The third kappa shape index (κ3) is 2.76. The molecule has 15 heavy (non-hydrogen) atoms. The second-order valence-electron chi connectivity index (χ2n) is 2.92. The van der Waals surface area contributed by atoms with Crippen LogP contribution in [0.15, 0.2) is 16.6 Å². The second-order valence-corrected chi connectivity index (χ2v) is 3.78. The lowest BCUT2D eigenvalue weighted by Gasteiger charge is -2.09. The number of hydrogen-bond acceptors (Lipinski definition) is 3. The number of benzene rings is 1. The summed E-state index contributed by atoms with van der Waals surface area (Å²) in [7, 11) is 3.09. The molecule has 0 bridgehead atoms. The van der Waals surface area contributed by atoms with E-state index in [1.54, 1.807) is 7.05 Å². The summed E-state index contributed by atoms with van der Waals surface area (Å²) < 4.78 is 18.6. The zero-order valence-electron chi connectivity index (χ0n) is 8.43. The first-order chi connectivity index (χ1) is 7.10. The predicted octanol–water partition coefficient (Wildman–Crippen LogP) is 2.00. The minimum Gasteiger partial charge on any atom is -0.495 e. The Hall–Kier alpha value is -0.940. The number of carbonyl (C=O) groups excluding carboxylic acids is 1. The van der Waals surface area contributed by atoms with Crippen molar-refractivity contribution < 1.29 is 13.9 Å². The molecule has 0 aliphatic heterocycles. The van der Waals surface area contributed by atoms with Gasteiger partial charge in [0.25, 0.3) is 0 Å². The Labute approximate surface area is 95.7 Å². The van der Waals surface area contributed by atoms with Crippen molar-refractivity contribution in [3.8, 4) is 5.75 Å². The van der Waals surface area contributed by atoms with Gasteiger partial charge in [-0.3, -0.25) is 4.79 Å². The predicted molar refractivity (Wildman–Crippen MR) is 58.9 cm³/mol. The molecule has 0 amide bonds. The van der Waals surface area contributed by atoms with E-state index < -0.39 is 5.82 Å². The molecule has 1 N–H and O–H groups in total. The Balaban J connectivity index is 3.20. The maximum atomic E-state index is 13.1. The van der Waals surface area contributed by atoms with Crippen molar-refractivity contribution >= 4 is 21.7 Å². The molecule has 1 aromatic rings. The molecule has 0 saturated carbocycles. The van der Waals surface area contributed by atoms with E-state index in [9.17, 15) is 9.18 Å². The fourth-order valence-electron chi connectivity index (χ4n) is 1.23. The highest BCUT2D eigenvalue weighted by Crippen LogP contribution is 2.30. The van der Waals surface area contributed by atoms with Crippen LogP contribution in [0.1, 0.15) is 10.4 Å². The summed E-state index contributed by atoms with van der Waals surface area (Å²) in [6.07, 6.45) is 0. The summed E-state index contributed by atoms with van der Waals surface area (Å²) in [6.45, 7) is 0.145. The smallest absolute Gasteiger partial charge is 0.180 e. The lowest BCUT2D eigenvalue weighted by Crippen LogP contribution is -2.19. The first-order valence-electron chi connectivity index (χ1n) is 4.31. The van der Waals surface area contributed by atoms with Crippen LogP contribution in [0.3, 0.4) is 0 Å². The first-order valence-corrected chi connectivity index (χ1v) is 5.10. The minimum atomic E-state index is -0.470. The molecule has 0 unspecified atom stereocenters. The van der Waals surface area contributed by atoms with Crippen molar-refractivity contribution in [3.05, 3.63) is 28.0 Å². The highest BCUT2D eigenvalue weighted by Gasteiger charge is 2.15. The number of nitrogens with one attached hydrogen (secondary N) is 1. The van der Waals surface area contributed by atoms with Gasteiger partial charge >= 0.3 is 0 Å². The zero-order chi connectivity index (χ0) is 11.4. The van der Waals surface area contributed by atoms with E-state index in [0.717, 1.165) is 0 Å². The molecule has 0 fully saturated rings. The Kier molecular flexibility index (Phi) is 4.23. The van der Waals surface area contributed by atoms with Gasteiger partial charge in [0.1, 0.15) is 11.6 Å². The SMILES string of the molecule is CNCC(=O)c1cc(F)cc(Br)c1OC. The second kappa shape index (κ2) is 5.23. The van der Waals surface area contributed by atoms with Crippen LogP contribution in [0.2, 0.25) is 0 Å². The van der Waals surface area contributed by atoms with E-state index in [2.05, 4.69) is 21.2 Å². The summed E-state index contributed by atoms with van der Waals surface area (Å²) >= 11 is 3.14. The summed E-state index contributed by atoms with van der Waals surface area (Å²) in [5.74, 6) is -0.326. The van der Waals surface area contributed by atoms with Crippen LogP contribution in [-0.2, 0) is 0 Å². The Bertz CT molecular complexity index is 382. The van der Waals surface area contributed by atoms with Gasteiger partial charge in [-0.2, -0.15) is 0 Å². The largest absolute Gasteiger partial charge is 0.495 e. The summed E-state index contributed by atoms with van der Waals surface area (Å²) in [6, 6.07) is 2.43. The molecule has 0 atom stereocenters. The molecule has 0 aliphatic carbocycles. The molecule has 0 spiro atoms. The highest BCUT2D eigenvalue weighted by atomic mass is 79.9. The molecule has 1 aromatic carbocycles. The van der Waals surface area contributed by atoms with Crippen LogP contribution in [0.5, 0.6) is 5.75 Å². The molecule has 5 heteroatoms. The molecule has 0 radical (unpaired) electrons. The van der Waals surface area contributed by atoms with Crippen LogP contribution in [0, 0.1) is 5.82 Å². The molecule has 3 nitrogen and oxygen atoms in total. The van der Waals surface area contributed by atoms with Crippen LogP contribution < -0.4 is 10.1 Å². The van der Waals surface area contributed by atoms with Gasteiger partial charge < -0.3 is 10.1 Å². The van der Waals surface area contributed by atoms with Gasteiger partial charge in [-0.15, -0.1) is 0 Å². The number of Topliss-reactive ketones (excluding diaryl/α,β-unsaturated/α-hetero) is 1. The summed E-state index contributed by atoms with van der Waals surface area (Å²) in [4.78, 5) is 11.6. The van der Waals surface area contributed by atoms with E-state index in [1.165, 1.54) is 19.2 Å². The monoisotopic (exact) mass is 275 g/mol. The molecule has 1 rings (SSSR count). The molecule has 0 saturated heterocycles. The van der Waals surface area contributed by atoms with E-state index in [1.807, 2.05) is 0 Å². The molecule has 0 aliphatic rings. The first kappa shape index (κ1) is 12.1. The molecular weight excluding hydrogens is 265 g/mol. The number of rotatable bonds is 4. The van der Waals surface area contributed by atoms with Gasteiger partial charge in [0.05, 0.1) is 23.7 Å². The standard InChI is InChI=1S/C10H11BrFNO2/c1-13-5-9(14)7-3-6(12)4-8(11)10(7)15-2/h3-4,13H,5H2,1-2H3. The molecule has 0 aromatic heterocycles. The van der Waals surface area contributed by atoms with Crippen LogP contribution in [0.4, 0.5) is 4.39 Å². The van der Waals surface area contributed by atoms with Crippen molar-refractivity contribution in [2.24, 2.45) is 0 Å².